The first-order valence-electron chi connectivity index (χ1n) is 9.07. The van der Waals surface area contributed by atoms with Crippen molar-refractivity contribution in [1.82, 2.24) is 9.55 Å². The molecule has 2 aliphatic rings. The zero-order valence-corrected chi connectivity index (χ0v) is 16.3. The van der Waals surface area contributed by atoms with E-state index in [1.54, 1.807) is 33.7 Å². The predicted molar refractivity (Wildman–Crippen MR) is 105 cm³/mol. The van der Waals surface area contributed by atoms with Crippen molar-refractivity contribution in [2.75, 3.05) is 12.4 Å². The van der Waals surface area contributed by atoms with Crippen LogP contribution in [0, 0.1) is 5.92 Å². The molecular formula is C19H24N2O2S2. The fourth-order valence-electron chi connectivity index (χ4n) is 3.75. The SMILES string of the molecule is C=CCn1c(SC[C@@H]2CCCO2)nc2sc3c(c2c1=O)CC[C@H](C)C3. The maximum Gasteiger partial charge on any atom is 0.263 e. The molecule has 1 saturated heterocycles. The molecule has 1 aliphatic carbocycles. The van der Waals surface area contributed by atoms with Gasteiger partial charge in [-0.05, 0) is 43.6 Å². The van der Waals surface area contributed by atoms with E-state index in [2.05, 4.69) is 13.5 Å². The molecule has 1 aliphatic heterocycles. The summed E-state index contributed by atoms with van der Waals surface area (Å²) in [5.41, 5.74) is 1.36. The third-order valence-corrected chi connectivity index (χ3v) is 7.37. The number of nitrogens with zero attached hydrogens (tertiary/aromatic N) is 2. The quantitative estimate of drug-likeness (QED) is 0.449. The standard InChI is InChI=1S/C19H24N2O2S2/c1-3-8-21-18(22)16-14-7-6-12(2)10-15(14)25-17(16)20-19(21)24-11-13-5-4-9-23-13/h3,12-13H,1,4-11H2,2H3/t12-,13-/m0/s1. The van der Waals surface area contributed by atoms with Crippen LogP contribution in [0.4, 0.5) is 0 Å². The normalized spacial score (nSPS) is 23.1. The van der Waals surface area contributed by atoms with Gasteiger partial charge in [0.2, 0.25) is 0 Å². The van der Waals surface area contributed by atoms with Gasteiger partial charge >= 0.3 is 0 Å². The molecule has 0 N–H and O–H groups in total. The van der Waals surface area contributed by atoms with E-state index in [1.165, 1.54) is 10.4 Å². The predicted octanol–water partition coefficient (Wildman–Crippen LogP) is 4.04. The third-order valence-electron chi connectivity index (χ3n) is 5.11. The van der Waals surface area contributed by atoms with Crippen LogP contribution < -0.4 is 5.56 Å². The Hall–Kier alpha value is -1.11. The Morgan fingerprint density at radius 3 is 3.12 bits per heavy atom. The third kappa shape index (κ3) is 3.32. The lowest BCUT2D eigenvalue weighted by Crippen LogP contribution is -2.24. The second-order valence-electron chi connectivity index (χ2n) is 7.08. The molecule has 6 heteroatoms. The van der Waals surface area contributed by atoms with Crippen LogP contribution >= 0.6 is 23.1 Å². The minimum atomic E-state index is 0.104. The molecule has 1 fully saturated rings. The van der Waals surface area contributed by atoms with E-state index >= 15 is 0 Å². The number of allylic oxidation sites excluding steroid dienone is 1. The smallest absolute Gasteiger partial charge is 0.263 e. The molecule has 0 radical (unpaired) electrons. The number of fused-ring (bicyclic) bond motifs is 3. The number of aryl methyl sites for hydroxylation is 1. The van der Waals surface area contributed by atoms with Gasteiger partial charge in [0.25, 0.3) is 5.56 Å². The average molecular weight is 377 g/mol. The summed E-state index contributed by atoms with van der Waals surface area (Å²) < 4.78 is 7.51. The Morgan fingerprint density at radius 2 is 2.36 bits per heavy atom. The molecule has 134 valence electrons. The topological polar surface area (TPSA) is 44.1 Å². The minimum absolute atomic E-state index is 0.104. The highest BCUT2D eigenvalue weighted by molar-refractivity contribution is 7.99. The van der Waals surface area contributed by atoms with Gasteiger partial charge in [-0.1, -0.05) is 24.8 Å². The first kappa shape index (κ1) is 17.3. The number of hydrogen-bond acceptors (Lipinski definition) is 5. The van der Waals surface area contributed by atoms with Crippen LogP contribution in [0.1, 0.15) is 36.6 Å². The highest BCUT2D eigenvalue weighted by atomic mass is 32.2. The molecule has 4 nitrogen and oxygen atoms in total. The molecule has 25 heavy (non-hydrogen) atoms. The Labute approximate surface area is 156 Å². The van der Waals surface area contributed by atoms with Gasteiger partial charge in [-0.25, -0.2) is 4.98 Å². The van der Waals surface area contributed by atoms with Crippen LogP contribution in [0.25, 0.3) is 10.2 Å². The molecule has 3 heterocycles. The van der Waals surface area contributed by atoms with Gasteiger partial charge in [-0.3, -0.25) is 9.36 Å². The van der Waals surface area contributed by atoms with Crippen LogP contribution in [0.3, 0.4) is 0 Å². The fourth-order valence-corrected chi connectivity index (χ4v) is 6.25. The van der Waals surface area contributed by atoms with E-state index in [0.29, 0.717) is 12.5 Å². The minimum Gasteiger partial charge on any atom is -0.377 e. The highest BCUT2D eigenvalue weighted by Gasteiger charge is 2.25. The number of aromatic nitrogens is 2. The van der Waals surface area contributed by atoms with Crippen molar-refractivity contribution >= 4 is 33.3 Å². The summed E-state index contributed by atoms with van der Waals surface area (Å²) in [5, 5.41) is 1.66. The Morgan fingerprint density at radius 1 is 1.48 bits per heavy atom. The molecule has 0 amide bonds. The zero-order chi connectivity index (χ0) is 17.4. The van der Waals surface area contributed by atoms with Crippen molar-refractivity contribution in [3.8, 4) is 0 Å². The zero-order valence-electron chi connectivity index (χ0n) is 14.6. The first-order valence-corrected chi connectivity index (χ1v) is 10.9. The van der Waals surface area contributed by atoms with Crippen LogP contribution in [-0.4, -0.2) is 28.0 Å². The average Bonchev–Trinajstić information content (AvgIpc) is 3.22. The van der Waals surface area contributed by atoms with E-state index < -0.39 is 0 Å². The summed E-state index contributed by atoms with van der Waals surface area (Å²) in [7, 11) is 0. The second kappa shape index (κ2) is 7.25. The van der Waals surface area contributed by atoms with E-state index in [4.69, 9.17) is 9.72 Å². The van der Waals surface area contributed by atoms with Gasteiger partial charge in [0.1, 0.15) is 4.83 Å². The van der Waals surface area contributed by atoms with Crippen molar-refractivity contribution < 1.29 is 4.74 Å². The van der Waals surface area contributed by atoms with Crippen molar-refractivity contribution in [3.05, 3.63) is 33.4 Å². The molecule has 0 bridgehead atoms. The van der Waals surface area contributed by atoms with Gasteiger partial charge in [0.05, 0.1) is 11.5 Å². The first-order chi connectivity index (χ1) is 12.2. The van der Waals surface area contributed by atoms with Crippen molar-refractivity contribution in [2.24, 2.45) is 5.92 Å². The summed E-state index contributed by atoms with van der Waals surface area (Å²) in [6.07, 6.45) is 7.55. The van der Waals surface area contributed by atoms with Crippen molar-refractivity contribution in [2.45, 2.75) is 56.8 Å². The van der Waals surface area contributed by atoms with E-state index in [9.17, 15) is 4.79 Å². The van der Waals surface area contributed by atoms with Crippen LogP contribution in [0.2, 0.25) is 0 Å². The van der Waals surface area contributed by atoms with Gasteiger partial charge in [-0.15, -0.1) is 17.9 Å². The van der Waals surface area contributed by atoms with Gasteiger partial charge in [0, 0.05) is 23.8 Å². The lowest BCUT2D eigenvalue weighted by molar-refractivity contribution is 0.129. The molecule has 0 aromatic carbocycles. The maximum absolute atomic E-state index is 13.2. The Balaban J connectivity index is 1.75. The van der Waals surface area contributed by atoms with Crippen molar-refractivity contribution in [1.29, 1.82) is 0 Å². The highest BCUT2D eigenvalue weighted by Crippen LogP contribution is 2.36. The molecule has 0 saturated carbocycles. The Kier molecular flexibility index (Phi) is 5.02. The Bertz CT molecular complexity index is 849. The van der Waals surface area contributed by atoms with Gasteiger partial charge in [-0.2, -0.15) is 0 Å². The second-order valence-corrected chi connectivity index (χ2v) is 9.15. The molecule has 0 spiro atoms. The summed E-state index contributed by atoms with van der Waals surface area (Å²) in [4.78, 5) is 20.4. The van der Waals surface area contributed by atoms with Gasteiger partial charge in [0.15, 0.2) is 5.16 Å². The van der Waals surface area contributed by atoms with Crippen LogP contribution in [0.15, 0.2) is 22.6 Å². The van der Waals surface area contributed by atoms with Gasteiger partial charge < -0.3 is 4.74 Å². The lowest BCUT2D eigenvalue weighted by atomic mass is 9.89. The van der Waals surface area contributed by atoms with Crippen molar-refractivity contribution in [3.63, 3.8) is 0 Å². The molecule has 2 aromatic heterocycles. The monoisotopic (exact) mass is 376 g/mol. The summed E-state index contributed by atoms with van der Waals surface area (Å²) in [6, 6.07) is 0. The summed E-state index contributed by atoms with van der Waals surface area (Å²) in [6.45, 7) is 7.48. The number of ether oxygens (including phenoxy) is 1. The number of thioether (sulfide) groups is 1. The molecule has 0 unspecified atom stereocenters. The lowest BCUT2D eigenvalue weighted by Gasteiger charge is -2.17. The van der Waals surface area contributed by atoms with Crippen LogP contribution in [-0.2, 0) is 24.1 Å². The summed E-state index contributed by atoms with van der Waals surface area (Å²) >= 11 is 3.37. The fraction of sp³-hybridized carbons (Fsp3) is 0.579. The van der Waals surface area contributed by atoms with E-state index in [1.807, 2.05) is 0 Å². The number of hydrogen-bond donors (Lipinski definition) is 0. The molecule has 2 aromatic rings. The number of thiophene rings is 1. The molecule has 4 rings (SSSR count). The largest absolute Gasteiger partial charge is 0.377 e. The maximum atomic E-state index is 13.2. The molecular weight excluding hydrogens is 352 g/mol. The van der Waals surface area contributed by atoms with E-state index in [-0.39, 0.29) is 11.7 Å². The summed E-state index contributed by atoms with van der Waals surface area (Å²) in [5.74, 6) is 1.56. The van der Waals surface area contributed by atoms with Crippen LogP contribution in [0.5, 0.6) is 0 Å². The molecule has 2 atom stereocenters. The van der Waals surface area contributed by atoms with E-state index in [0.717, 1.165) is 59.8 Å². The number of rotatable bonds is 5.